The van der Waals surface area contributed by atoms with Crippen LogP contribution in [0.4, 0.5) is 13.6 Å². The van der Waals surface area contributed by atoms with E-state index in [1.807, 2.05) is 24.3 Å². The van der Waals surface area contributed by atoms with Crippen LogP contribution in [0.3, 0.4) is 0 Å². The number of carbonyl (C=O) groups is 2. The van der Waals surface area contributed by atoms with E-state index in [2.05, 4.69) is 4.98 Å². The average molecular weight is 498 g/mol. The van der Waals surface area contributed by atoms with E-state index in [4.69, 9.17) is 4.74 Å². The molecule has 0 bridgehead atoms. The van der Waals surface area contributed by atoms with Crippen molar-refractivity contribution < 1.29 is 23.1 Å². The van der Waals surface area contributed by atoms with Gasteiger partial charge < -0.3 is 14.6 Å². The number of hydrogen-bond donors (Lipinski definition) is 1. The molecule has 1 aliphatic heterocycles. The normalized spacial score (nSPS) is 16.4. The van der Waals surface area contributed by atoms with Crippen LogP contribution >= 0.6 is 0 Å². The van der Waals surface area contributed by atoms with Crippen molar-refractivity contribution in [3.05, 3.63) is 81.3 Å². The van der Waals surface area contributed by atoms with Gasteiger partial charge in [-0.2, -0.15) is 0 Å². The van der Waals surface area contributed by atoms with E-state index in [0.29, 0.717) is 12.0 Å². The summed E-state index contributed by atoms with van der Waals surface area (Å²) in [6, 6.07) is 7.97. The number of carbonyl (C=O) groups excluding carboxylic acids is 2. The fraction of sp³-hybridized carbons (Fsp3) is 0.370. The molecular weight excluding hydrogens is 468 g/mol. The second-order valence-corrected chi connectivity index (χ2v) is 10.1. The summed E-state index contributed by atoms with van der Waals surface area (Å²) in [5.41, 5.74) is 1.04. The van der Waals surface area contributed by atoms with Crippen LogP contribution in [-0.2, 0) is 22.5 Å². The first-order chi connectivity index (χ1) is 16.9. The Balaban J connectivity index is 1.70. The van der Waals surface area contributed by atoms with Crippen LogP contribution in [0.5, 0.6) is 0 Å². The lowest BCUT2D eigenvalue weighted by molar-refractivity contribution is -0.138. The second-order valence-electron chi connectivity index (χ2n) is 10.1. The molecular formula is C27H29F2N3O4. The molecule has 3 aromatic rings. The Morgan fingerprint density at radius 3 is 2.36 bits per heavy atom. The SMILES string of the molecule is CC(c1c[nH]c(=O)c2cc(F)c(F)cc12)N(C)C(=O)[C@@H]1Cc2ccccc2CN1C(=O)OC(C)(C)C. The zero-order chi connectivity index (χ0) is 26.4. The number of aromatic nitrogens is 1. The zero-order valence-corrected chi connectivity index (χ0v) is 20.9. The van der Waals surface area contributed by atoms with Gasteiger partial charge in [0.1, 0.15) is 11.6 Å². The Kier molecular flexibility index (Phi) is 6.60. The lowest BCUT2D eigenvalue weighted by atomic mass is 9.93. The van der Waals surface area contributed by atoms with E-state index in [9.17, 15) is 23.2 Å². The predicted molar refractivity (Wildman–Crippen MR) is 131 cm³/mol. The number of nitrogens with one attached hydrogen (secondary N) is 1. The molecule has 9 heteroatoms. The van der Waals surface area contributed by atoms with Crippen LogP contribution in [0.15, 0.2) is 47.4 Å². The van der Waals surface area contributed by atoms with E-state index in [1.165, 1.54) is 16.0 Å². The van der Waals surface area contributed by atoms with Crippen LogP contribution in [-0.4, -0.2) is 45.5 Å². The molecule has 0 spiro atoms. The van der Waals surface area contributed by atoms with E-state index in [0.717, 1.165) is 23.3 Å². The quantitative estimate of drug-likeness (QED) is 0.569. The number of nitrogens with zero attached hydrogens (tertiary/aromatic N) is 2. The van der Waals surface area contributed by atoms with Gasteiger partial charge in [-0.1, -0.05) is 24.3 Å². The largest absolute Gasteiger partial charge is 0.444 e. The number of ether oxygens (including phenoxy) is 1. The van der Waals surface area contributed by atoms with Crippen molar-refractivity contribution in [1.29, 1.82) is 0 Å². The Morgan fingerprint density at radius 2 is 1.72 bits per heavy atom. The fourth-order valence-corrected chi connectivity index (χ4v) is 4.51. The monoisotopic (exact) mass is 497 g/mol. The molecule has 0 radical (unpaired) electrons. The van der Waals surface area contributed by atoms with E-state index < -0.39 is 41.0 Å². The minimum Gasteiger partial charge on any atom is -0.444 e. The molecule has 190 valence electrons. The maximum atomic E-state index is 14.1. The van der Waals surface area contributed by atoms with Crippen LogP contribution in [0.25, 0.3) is 10.8 Å². The highest BCUT2D eigenvalue weighted by atomic mass is 19.2. The number of halogens is 2. The van der Waals surface area contributed by atoms with Crippen molar-refractivity contribution in [2.45, 2.75) is 58.3 Å². The highest BCUT2D eigenvalue weighted by molar-refractivity contribution is 5.89. The first-order valence-electron chi connectivity index (χ1n) is 11.7. The Labute approximate surface area is 207 Å². The van der Waals surface area contributed by atoms with Gasteiger partial charge in [-0.15, -0.1) is 0 Å². The van der Waals surface area contributed by atoms with Crippen LogP contribution < -0.4 is 5.56 Å². The molecule has 1 unspecified atom stereocenters. The number of H-pyrrole nitrogens is 1. The van der Waals surface area contributed by atoms with Gasteiger partial charge in [0.25, 0.3) is 5.56 Å². The summed E-state index contributed by atoms with van der Waals surface area (Å²) in [4.78, 5) is 44.6. The third-order valence-electron chi connectivity index (χ3n) is 6.52. The van der Waals surface area contributed by atoms with E-state index >= 15 is 0 Å². The Morgan fingerprint density at radius 1 is 1.11 bits per heavy atom. The van der Waals surface area contributed by atoms with Crippen LogP contribution in [0.2, 0.25) is 0 Å². The fourth-order valence-electron chi connectivity index (χ4n) is 4.51. The molecule has 0 aliphatic carbocycles. The number of fused-ring (bicyclic) bond motifs is 2. The summed E-state index contributed by atoms with van der Waals surface area (Å²) in [5.74, 6) is -2.56. The number of benzene rings is 2. The minimum absolute atomic E-state index is 0.0129. The van der Waals surface area contributed by atoms with Crippen molar-refractivity contribution in [2.24, 2.45) is 0 Å². The number of pyridine rings is 1. The molecule has 0 saturated carbocycles. The topological polar surface area (TPSA) is 82.7 Å². The number of rotatable bonds is 3. The summed E-state index contributed by atoms with van der Waals surface area (Å²) in [6.45, 7) is 7.22. The zero-order valence-electron chi connectivity index (χ0n) is 20.9. The van der Waals surface area contributed by atoms with Gasteiger partial charge in [0.05, 0.1) is 18.0 Å². The standard InChI is InChI=1S/C27H29F2N3O4/c1-15(20-13-30-24(33)19-12-22(29)21(28)11-18(19)20)31(5)25(34)23-10-16-8-6-7-9-17(16)14-32(23)26(35)36-27(2,3)4/h6-9,11-13,15,23H,10,14H2,1-5H3,(H,30,33)/t15?,23-/m0/s1. The first kappa shape index (κ1) is 25.3. The summed E-state index contributed by atoms with van der Waals surface area (Å²) < 4.78 is 33.5. The molecule has 1 N–H and O–H groups in total. The number of aromatic amines is 1. The van der Waals surface area contributed by atoms with Crippen molar-refractivity contribution in [3.63, 3.8) is 0 Å². The maximum absolute atomic E-state index is 14.1. The second kappa shape index (κ2) is 9.37. The van der Waals surface area contributed by atoms with Crippen molar-refractivity contribution in [3.8, 4) is 0 Å². The Bertz CT molecular complexity index is 1400. The molecule has 2 aromatic carbocycles. The predicted octanol–water partition coefficient (Wildman–Crippen LogP) is 4.69. The maximum Gasteiger partial charge on any atom is 0.411 e. The van der Waals surface area contributed by atoms with Crippen molar-refractivity contribution in [2.75, 3.05) is 7.05 Å². The van der Waals surface area contributed by atoms with E-state index in [1.54, 1.807) is 34.7 Å². The smallest absolute Gasteiger partial charge is 0.411 e. The lowest BCUT2D eigenvalue weighted by Gasteiger charge is -2.39. The minimum atomic E-state index is -1.13. The molecule has 0 saturated heterocycles. The van der Waals surface area contributed by atoms with Crippen molar-refractivity contribution >= 4 is 22.8 Å². The summed E-state index contributed by atoms with van der Waals surface area (Å²) in [5, 5.41) is 0.198. The molecule has 2 amide bonds. The van der Waals surface area contributed by atoms with Gasteiger partial charge in [-0.05, 0) is 61.9 Å². The Hall–Kier alpha value is -3.75. The summed E-state index contributed by atoms with van der Waals surface area (Å²) in [6.07, 6.45) is 1.11. The van der Waals surface area contributed by atoms with Gasteiger partial charge >= 0.3 is 6.09 Å². The molecule has 36 heavy (non-hydrogen) atoms. The number of hydrogen-bond acceptors (Lipinski definition) is 4. The number of amides is 2. The van der Waals surface area contributed by atoms with E-state index in [-0.39, 0.29) is 23.2 Å². The molecule has 1 aliphatic rings. The molecule has 2 heterocycles. The first-order valence-corrected chi connectivity index (χ1v) is 11.7. The van der Waals surface area contributed by atoms with Gasteiger partial charge in [-0.3, -0.25) is 14.5 Å². The average Bonchev–Trinajstić information content (AvgIpc) is 2.82. The highest BCUT2D eigenvalue weighted by Crippen LogP contribution is 2.31. The summed E-state index contributed by atoms with van der Waals surface area (Å²) >= 11 is 0. The summed E-state index contributed by atoms with van der Waals surface area (Å²) in [7, 11) is 1.58. The number of likely N-dealkylation sites (N-methyl/N-ethyl adjacent to an activating group) is 1. The highest BCUT2D eigenvalue weighted by Gasteiger charge is 2.39. The molecule has 4 rings (SSSR count). The molecule has 7 nitrogen and oxygen atoms in total. The molecule has 1 aromatic heterocycles. The third kappa shape index (κ3) is 4.82. The molecule has 0 fully saturated rings. The van der Waals surface area contributed by atoms with Crippen LogP contribution in [0, 0.1) is 11.6 Å². The third-order valence-corrected chi connectivity index (χ3v) is 6.52. The van der Waals surface area contributed by atoms with Crippen LogP contribution in [0.1, 0.15) is 50.4 Å². The van der Waals surface area contributed by atoms with Gasteiger partial charge in [-0.25, -0.2) is 13.6 Å². The van der Waals surface area contributed by atoms with Crippen molar-refractivity contribution in [1.82, 2.24) is 14.8 Å². The molecule has 2 atom stereocenters. The lowest BCUT2D eigenvalue weighted by Crippen LogP contribution is -2.54. The van der Waals surface area contributed by atoms with Gasteiger partial charge in [0, 0.05) is 19.7 Å². The van der Waals surface area contributed by atoms with Gasteiger partial charge in [0.2, 0.25) is 5.91 Å². The van der Waals surface area contributed by atoms with Gasteiger partial charge in [0.15, 0.2) is 11.6 Å².